The van der Waals surface area contributed by atoms with Crippen molar-refractivity contribution < 1.29 is 29.0 Å². The number of anilines is 1. The zero-order valence-electron chi connectivity index (χ0n) is 20.2. The van der Waals surface area contributed by atoms with E-state index in [2.05, 4.69) is 4.98 Å². The lowest BCUT2D eigenvalue weighted by atomic mass is 9.95. The predicted molar refractivity (Wildman–Crippen MR) is 136 cm³/mol. The summed E-state index contributed by atoms with van der Waals surface area (Å²) in [6.07, 6.45) is 0.858. The van der Waals surface area contributed by atoms with Gasteiger partial charge in [0.1, 0.15) is 16.4 Å². The lowest BCUT2D eigenvalue weighted by molar-refractivity contribution is -0.132. The zero-order chi connectivity index (χ0) is 25.8. The number of rotatable bonds is 8. The number of carbonyl (C=O) groups is 3. The van der Waals surface area contributed by atoms with E-state index < -0.39 is 23.7 Å². The normalized spacial score (nSPS) is 16.9. The van der Waals surface area contributed by atoms with E-state index >= 15 is 0 Å². The minimum absolute atomic E-state index is 0.0565. The molecule has 1 saturated heterocycles. The molecule has 186 valence electrons. The molecule has 9 heteroatoms. The molecule has 1 aliphatic heterocycles. The third-order valence-corrected chi connectivity index (χ3v) is 6.75. The molecule has 1 atom stereocenters. The summed E-state index contributed by atoms with van der Waals surface area (Å²) >= 11 is 0.975. The Labute approximate surface area is 212 Å². The minimum atomic E-state index is -0.928. The number of thiazole rings is 1. The Kier molecular flexibility index (Phi) is 7.49. The van der Waals surface area contributed by atoms with Crippen molar-refractivity contribution in [2.45, 2.75) is 33.2 Å². The van der Waals surface area contributed by atoms with Gasteiger partial charge >= 0.3 is 11.9 Å². The van der Waals surface area contributed by atoms with Gasteiger partial charge in [-0.2, -0.15) is 0 Å². The summed E-state index contributed by atoms with van der Waals surface area (Å²) in [5.74, 6) is -1.88. The summed E-state index contributed by atoms with van der Waals surface area (Å²) in [7, 11) is 0. The summed E-state index contributed by atoms with van der Waals surface area (Å²) in [4.78, 5) is 44.8. The molecular weight excluding hydrogens is 480 g/mol. The average molecular weight is 507 g/mol. The van der Waals surface area contributed by atoms with Gasteiger partial charge in [-0.25, -0.2) is 9.78 Å². The molecule has 36 heavy (non-hydrogen) atoms. The topological polar surface area (TPSA) is 106 Å². The zero-order valence-corrected chi connectivity index (χ0v) is 21.0. The Balaban J connectivity index is 1.82. The van der Waals surface area contributed by atoms with E-state index in [4.69, 9.17) is 9.47 Å². The Hall–Kier alpha value is -3.98. The highest BCUT2D eigenvalue weighted by atomic mass is 32.1. The number of benzene rings is 2. The average Bonchev–Trinajstić information content (AvgIpc) is 3.40. The molecule has 2 aromatic carbocycles. The number of hydrogen-bond donors (Lipinski definition) is 1. The monoisotopic (exact) mass is 506 g/mol. The standard InChI is InChI=1S/C27H26N2O6S/c1-4-15-35-19-13-11-18(12-14-19)22(30)20-21(17-9-7-6-8-10-17)29(25(32)23(20)31)27-28-16(3)24(36-27)26(33)34-5-2/h6-14,21,30H,4-5,15H2,1-3H3/t21-/m1/s1. The number of carbonyl (C=O) groups excluding carboxylic acids is 3. The Bertz CT molecular complexity index is 1310. The summed E-state index contributed by atoms with van der Waals surface area (Å²) < 4.78 is 10.7. The highest BCUT2D eigenvalue weighted by Gasteiger charge is 2.48. The summed E-state index contributed by atoms with van der Waals surface area (Å²) in [6, 6.07) is 14.7. The van der Waals surface area contributed by atoms with Crippen LogP contribution in [0.15, 0.2) is 60.2 Å². The molecule has 0 aliphatic carbocycles. The number of ether oxygens (including phenoxy) is 2. The Morgan fingerprint density at radius 1 is 1.08 bits per heavy atom. The third-order valence-electron chi connectivity index (χ3n) is 5.61. The number of esters is 1. The van der Waals surface area contributed by atoms with Gasteiger partial charge in [0.25, 0.3) is 5.78 Å². The van der Waals surface area contributed by atoms with Crippen LogP contribution in [0.25, 0.3) is 5.76 Å². The van der Waals surface area contributed by atoms with Crippen molar-refractivity contribution in [3.8, 4) is 5.75 Å². The SMILES string of the molecule is CCCOc1ccc(C(O)=C2C(=O)C(=O)N(c3nc(C)c(C(=O)OCC)s3)[C@@H]2c2ccccc2)cc1. The van der Waals surface area contributed by atoms with Gasteiger partial charge in [-0.1, -0.05) is 48.6 Å². The third kappa shape index (κ3) is 4.74. The second-order valence-electron chi connectivity index (χ2n) is 8.08. The second kappa shape index (κ2) is 10.7. The van der Waals surface area contributed by atoms with Crippen LogP contribution >= 0.6 is 11.3 Å². The number of hydrogen-bond acceptors (Lipinski definition) is 8. The first-order chi connectivity index (χ1) is 17.4. The maximum absolute atomic E-state index is 13.3. The molecule has 1 amide bonds. The number of amides is 1. The van der Waals surface area contributed by atoms with Crippen molar-refractivity contribution in [3.05, 3.63) is 81.9 Å². The lowest BCUT2D eigenvalue weighted by Gasteiger charge is -2.23. The van der Waals surface area contributed by atoms with E-state index in [-0.39, 0.29) is 27.9 Å². The molecule has 1 aliphatic rings. The molecule has 1 aromatic heterocycles. The molecule has 0 unspecified atom stereocenters. The summed E-state index contributed by atoms with van der Waals surface area (Å²) in [6.45, 7) is 6.10. The van der Waals surface area contributed by atoms with Gasteiger partial charge in [-0.05, 0) is 50.1 Å². The maximum atomic E-state index is 13.3. The van der Waals surface area contributed by atoms with Gasteiger partial charge < -0.3 is 14.6 Å². The highest BCUT2D eigenvalue weighted by Crippen LogP contribution is 2.44. The number of aromatic nitrogens is 1. The van der Waals surface area contributed by atoms with Crippen LogP contribution in [0.4, 0.5) is 5.13 Å². The van der Waals surface area contributed by atoms with E-state index in [1.54, 1.807) is 62.4 Å². The van der Waals surface area contributed by atoms with Gasteiger partial charge in [-0.3, -0.25) is 14.5 Å². The number of aryl methyl sites for hydroxylation is 1. The van der Waals surface area contributed by atoms with Crippen LogP contribution in [0.1, 0.15) is 52.8 Å². The van der Waals surface area contributed by atoms with Crippen LogP contribution in [0.2, 0.25) is 0 Å². The number of Topliss-reactive ketones (excluding diaryl/α,β-unsaturated/α-hetero) is 1. The van der Waals surface area contributed by atoms with Crippen molar-refractivity contribution in [3.63, 3.8) is 0 Å². The quantitative estimate of drug-likeness (QED) is 0.197. The molecule has 1 fully saturated rings. The molecule has 4 rings (SSSR count). The van der Waals surface area contributed by atoms with Gasteiger partial charge in [0.2, 0.25) is 0 Å². The molecule has 0 bridgehead atoms. The predicted octanol–water partition coefficient (Wildman–Crippen LogP) is 5.04. The van der Waals surface area contributed by atoms with Crippen LogP contribution < -0.4 is 9.64 Å². The molecule has 8 nitrogen and oxygen atoms in total. The van der Waals surface area contributed by atoms with Gasteiger partial charge in [-0.15, -0.1) is 0 Å². The molecule has 0 saturated carbocycles. The van der Waals surface area contributed by atoms with Crippen molar-refractivity contribution in [2.75, 3.05) is 18.1 Å². The molecule has 2 heterocycles. The number of nitrogens with zero attached hydrogens (tertiary/aromatic N) is 2. The van der Waals surface area contributed by atoms with Crippen LogP contribution in [-0.4, -0.2) is 41.0 Å². The summed E-state index contributed by atoms with van der Waals surface area (Å²) in [5, 5.41) is 11.4. The van der Waals surface area contributed by atoms with E-state index in [1.807, 2.05) is 13.0 Å². The fourth-order valence-corrected chi connectivity index (χ4v) is 4.92. The molecule has 3 aromatic rings. The van der Waals surface area contributed by atoms with Crippen molar-refractivity contribution in [2.24, 2.45) is 0 Å². The number of aliphatic hydroxyl groups excluding tert-OH is 1. The second-order valence-corrected chi connectivity index (χ2v) is 9.06. The van der Waals surface area contributed by atoms with Gasteiger partial charge in [0.05, 0.1) is 30.5 Å². The van der Waals surface area contributed by atoms with E-state index in [0.717, 1.165) is 17.8 Å². The Morgan fingerprint density at radius 3 is 2.42 bits per heavy atom. The first-order valence-corrected chi connectivity index (χ1v) is 12.4. The van der Waals surface area contributed by atoms with Crippen molar-refractivity contribution >= 4 is 39.9 Å². The van der Waals surface area contributed by atoms with Crippen molar-refractivity contribution in [1.82, 2.24) is 4.98 Å². The van der Waals surface area contributed by atoms with Crippen LogP contribution in [0.3, 0.4) is 0 Å². The molecule has 0 radical (unpaired) electrons. The fraction of sp³-hybridized carbons (Fsp3) is 0.259. The van der Waals surface area contributed by atoms with E-state index in [9.17, 15) is 19.5 Å². The van der Waals surface area contributed by atoms with Crippen LogP contribution in [0.5, 0.6) is 5.75 Å². The molecule has 1 N–H and O–H groups in total. The maximum Gasteiger partial charge on any atom is 0.350 e. The number of ketones is 1. The number of aliphatic hydroxyl groups is 1. The van der Waals surface area contributed by atoms with Gasteiger partial charge in [0, 0.05) is 5.56 Å². The first kappa shape index (κ1) is 25.1. The lowest BCUT2D eigenvalue weighted by Crippen LogP contribution is -2.29. The Morgan fingerprint density at radius 2 is 1.78 bits per heavy atom. The van der Waals surface area contributed by atoms with Crippen LogP contribution in [-0.2, 0) is 14.3 Å². The highest BCUT2D eigenvalue weighted by molar-refractivity contribution is 7.17. The fourth-order valence-electron chi connectivity index (χ4n) is 3.94. The first-order valence-electron chi connectivity index (χ1n) is 11.6. The van der Waals surface area contributed by atoms with Crippen LogP contribution in [0, 0.1) is 6.92 Å². The van der Waals surface area contributed by atoms with Crippen molar-refractivity contribution in [1.29, 1.82) is 0 Å². The van der Waals surface area contributed by atoms with E-state index in [0.29, 0.717) is 29.2 Å². The minimum Gasteiger partial charge on any atom is -0.507 e. The molecular formula is C27H26N2O6S. The summed E-state index contributed by atoms with van der Waals surface area (Å²) in [5.41, 5.74) is 1.33. The largest absolute Gasteiger partial charge is 0.507 e. The van der Waals surface area contributed by atoms with E-state index in [1.165, 1.54) is 4.90 Å². The van der Waals surface area contributed by atoms with Gasteiger partial charge in [0.15, 0.2) is 5.13 Å². The molecule has 0 spiro atoms. The smallest absolute Gasteiger partial charge is 0.350 e.